The molecule has 9 heteroatoms. The molecule has 0 aliphatic carbocycles. The largest absolute Gasteiger partial charge is 0.454 e. The molecule has 1 aliphatic rings. The maximum Gasteiger partial charge on any atom is 0.398 e. The number of para-hydroxylation sites is 1. The molecular weight excluding hydrogens is 381 g/mol. The number of alkyl halides is 3. The lowest BCUT2D eigenvalue weighted by atomic mass is 10.2. The van der Waals surface area contributed by atoms with Crippen LogP contribution in [-0.2, 0) is 11.3 Å². The van der Waals surface area contributed by atoms with E-state index < -0.39 is 11.9 Å². The molecule has 2 aromatic rings. The van der Waals surface area contributed by atoms with Crippen LogP contribution in [0.2, 0.25) is 0 Å². The molecule has 1 heterocycles. The molecule has 0 saturated carbocycles. The Morgan fingerprint density at radius 2 is 1.89 bits per heavy atom. The average molecular weight is 398 g/mol. The van der Waals surface area contributed by atoms with Crippen LogP contribution in [0.1, 0.15) is 5.56 Å². The molecule has 0 spiro atoms. The van der Waals surface area contributed by atoms with Gasteiger partial charge >= 0.3 is 6.18 Å². The first-order valence-corrected chi connectivity index (χ1v) is 9.07. The molecule has 0 bridgehead atoms. The van der Waals surface area contributed by atoms with Gasteiger partial charge in [-0.05, 0) is 29.8 Å². The highest BCUT2D eigenvalue weighted by Gasteiger charge is 2.27. The standard InChI is InChI=1S/C18H17F3N2O3S/c19-18(20,21)10-27-16-4-2-1-3-13(16)22-9-17(24)23-8-12-5-6-14-15(7-12)26-11-25-14/h1-7,22H,8-11H2,(H,23,24). The number of halogens is 3. The molecule has 1 aliphatic heterocycles. The predicted octanol–water partition coefficient (Wildman–Crippen LogP) is 3.80. The van der Waals surface area contributed by atoms with E-state index in [0.717, 1.165) is 5.56 Å². The molecular formula is C18H17F3N2O3S. The lowest BCUT2D eigenvalue weighted by Crippen LogP contribution is -2.29. The minimum absolute atomic E-state index is 0.0475. The van der Waals surface area contributed by atoms with Crippen molar-refractivity contribution in [3.05, 3.63) is 48.0 Å². The number of ether oxygens (including phenoxy) is 2. The van der Waals surface area contributed by atoms with E-state index in [1.807, 2.05) is 6.07 Å². The monoisotopic (exact) mass is 398 g/mol. The summed E-state index contributed by atoms with van der Waals surface area (Å²) in [5.41, 5.74) is 1.35. The van der Waals surface area contributed by atoms with Gasteiger partial charge in [0.25, 0.3) is 0 Å². The summed E-state index contributed by atoms with van der Waals surface area (Å²) in [4.78, 5) is 12.5. The van der Waals surface area contributed by atoms with E-state index in [0.29, 0.717) is 40.4 Å². The van der Waals surface area contributed by atoms with Crippen molar-refractivity contribution in [1.29, 1.82) is 0 Å². The van der Waals surface area contributed by atoms with Crippen LogP contribution in [-0.4, -0.2) is 31.2 Å². The number of hydrogen-bond acceptors (Lipinski definition) is 5. The number of carbonyl (C=O) groups excluding carboxylic acids is 1. The van der Waals surface area contributed by atoms with Gasteiger partial charge in [0.05, 0.1) is 12.3 Å². The minimum Gasteiger partial charge on any atom is -0.454 e. The molecule has 1 amide bonds. The Balaban J connectivity index is 1.49. The van der Waals surface area contributed by atoms with E-state index in [1.165, 1.54) is 0 Å². The SMILES string of the molecule is O=C(CNc1ccccc1SCC(F)(F)F)NCc1ccc2c(c1)OCO2. The maximum absolute atomic E-state index is 12.4. The normalized spacial score (nSPS) is 12.7. The predicted molar refractivity (Wildman–Crippen MR) is 96.1 cm³/mol. The Morgan fingerprint density at radius 3 is 2.70 bits per heavy atom. The van der Waals surface area contributed by atoms with Gasteiger partial charge in [-0.3, -0.25) is 4.79 Å². The minimum atomic E-state index is -4.25. The summed E-state index contributed by atoms with van der Waals surface area (Å²) in [6.07, 6.45) is -4.25. The van der Waals surface area contributed by atoms with Crippen LogP contribution in [0.5, 0.6) is 11.5 Å². The van der Waals surface area contributed by atoms with Gasteiger partial charge in [-0.2, -0.15) is 13.2 Å². The Kier molecular flexibility index (Phi) is 6.00. The third-order valence-electron chi connectivity index (χ3n) is 3.64. The quantitative estimate of drug-likeness (QED) is 0.695. The highest BCUT2D eigenvalue weighted by molar-refractivity contribution is 7.99. The highest BCUT2D eigenvalue weighted by atomic mass is 32.2. The summed E-state index contributed by atoms with van der Waals surface area (Å²) < 4.78 is 47.7. The van der Waals surface area contributed by atoms with Gasteiger partial charge in [0.1, 0.15) is 0 Å². The molecule has 5 nitrogen and oxygen atoms in total. The first-order chi connectivity index (χ1) is 12.9. The van der Waals surface area contributed by atoms with Gasteiger partial charge in [-0.1, -0.05) is 18.2 Å². The fourth-order valence-electron chi connectivity index (χ4n) is 2.39. The zero-order valence-electron chi connectivity index (χ0n) is 14.1. The third kappa shape index (κ3) is 5.72. The van der Waals surface area contributed by atoms with Crippen LogP contribution in [0, 0.1) is 0 Å². The van der Waals surface area contributed by atoms with E-state index in [1.54, 1.807) is 36.4 Å². The van der Waals surface area contributed by atoms with Crippen molar-refractivity contribution < 1.29 is 27.4 Å². The maximum atomic E-state index is 12.4. The highest BCUT2D eigenvalue weighted by Crippen LogP contribution is 2.33. The second kappa shape index (κ2) is 8.43. The van der Waals surface area contributed by atoms with Crippen molar-refractivity contribution >= 4 is 23.4 Å². The van der Waals surface area contributed by atoms with E-state index in [9.17, 15) is 18.0 Å². The van der Waals surface area contributed by atoms with Crippen LogP contribution in [0.15, 0.2) is 47.4 Å². The van der Waals surface area contributed by atoms with Crippen LogP contribution in [0.25, 0.3) is 0 Å². The van der Waals surface area contributed by atoms with Gasteiger partial charge in [0.15, 0.2) is 11.5 Å². The second-order valence-corrected chi connectivity index (χ2v) is 6.74. The number of anilines is 1. The Hall–Kier alpha value is -2.55. The van der Waals surface area contributed by atoms with Crippen LogP contribution in [0.3, 0.4) is 0 Å². The van der Waals surface area contributed by atoms with Crippen molar-refractivity contribution in [1.82, 2.24) is 5.32 Å². The topological polar surface area (TPSA) is 59.6 Å². The molecule has 144 valence electrons. The van der Waals surface area contributed by atoms with Crippen molar-refractivity contribution in [3.63, 3.8) is 0 Å². The van der Waals surface area contributed by atoms with E-state index in [2.05, 4.69) is 10.6 Å². The smallest absolute Gasteiger partial charge is 0.398 e. The van der Waals surface area contributed by atoms with Crippen LogP contribution < -0.4 is 20.1 Å². The van der Waals surface area contributed by atoms with E-state index in [4.69, 9.17) is 9.47 Å². The molecule has 0 saturated heterocycles. The number of hydrogen-bond donors (Lipinski definition) is 2. The molecule has 27 heavy (non-hydrogen) atoms. The van der Waals surface area contributed by atoms with Gasteiger partial charge in [0.2, 0.25) is 12.7 Å². The number of carbonyl (C=O) groups is 1. The summed E-state index contributed by atoms with van der Waals surface area (Å²) in [7, 11) is 0. The molecule has 2 N–H and O–H groups in total. The number of thioether (sulfide) groups is 1. The second-order valence-electron chi connectivity index (χ2n) is 5.72. The molecule has 0 aromatic heterocycles. The molecule has 0 fully saturated rings. The van der Waals surface area contributed by atoms with Crippen molar-refractivity contribution in [2.75, 3.05) is 24.4 Å². The van der Waals surface area contributed by atoms with Gasteiger partial charge in [-0.25, -0.2) is 0 Å². The zero-order valence-corrected chi connectivity index (χ0v) is 15.0. The van der Waals surface area contributed by atoms with Crippen molar-refractivity contribution in [3.8, 4) is 11.5 Å². The van der Waals surface area contributed by atoms with Crippen molar-refractivity contribution in [2.45, 2.75) is 17.6 Å². The first kappa shape index (κ1) is 19.2. The Bertz CT molecular complexity index is 815. The number of benzene rings is 2. The Morgan fingerprint density at radius 1 is 1.11 bits per heavy atom. The molecule has 2 aromatic carbocycles. The summed E-state index contributed by atoms with van der Waals surface area (Å²) >= 11 is 0.682. The summed E-state index contributed by atoms with van der Waals surface area (Å²) in [6.45, 7) is 0.441. The Labute approximate surface area is 158 Å². The van der Waals surface area contributed by atoms with Crippen molar-refractivity contribution in [2.24, 2.45) is 0 Å². The summed E-state index contributed by atoms with van der Waals surface area (Å²) in [5, 5.41) is 5.63. The number of amides is 1. The van der Waals surface area contributed by atoms with Gasteiger partial charge in [0, 0.05) is 17.1 Å². The number of nitrogens with one attached hydrogen (secondary N) is 2. The fraction of sp³-hybridized carbons (Fsp3) is 0.278. The first-order valence-electron chi connectivity index (χ1n) is 8.08. The zero-order chi connectivity index (χ0) is 19.3. The van der Waals surface area contributed by atoms with Crippen LogP contribution in [0.4, 0.5) is 18.9 Å². The fourth-order valence-corrected chi connectivity index (χ4v) is 3.18. The summed E-state index contributed by atoms with van der Waals surface area (Å²) in [5.74, 6) is 0.0423. The molecule has 0 radical (unpaired) electrons. The summed E-state index contributed by atoms with van der Waals surface area (Å²) in [6, 6.07) is 12.0. The van der Waals surface area contributed by atoms with Crippen LogP contribution >= 0.6 is 11.8 Å². The average Bonchev–Trinajstić information content (AvgIpc) is 3.10. The van der Waals surface area contributed by atoms with Gasteiger partial charge < -0.3 is 20.1 Å². The van der Waals surface area contributed by atoms with E-state index in [-0.39, 0.29) is 19.2 Å². The third-order valence-corrected chi connectivity index (χ3v) is 4.78. The molecule has 0 unspecified atom stereocenters. The lowest BCUT2D eigenvalue weighted by molar-refractivity contribution is -0.119. The lowest BCUT2D eigenvalue weighted by Gasteiger charge is -2.13. The van der Waals surface area contributed by atoms with Gasteiger partial charge in [-0.15, -0.1) is 11.8 Å². The van der Waals surface area contributed by atoms with E-state index >= 15 is 0 Å². The number of rotatable bonds is 7. The number of fused-ring (bicyclic) bond motifs is 1. The molecule has 3 rings (SSSR count). The molecule has 0 atom stereocenters.